The summed E-state index contributed by atoms with van der Waals surface area (Å²) in [6, 6.07) is 24.3. The van der Waals surface area contributed by atoms with Gasteiger partial charge < -0.3 is 54.8 Å². The average molecular weight is 605 g/mol. The first-order valence-corrected chi connectivity index (χ1v) is 9.68. The molecule has 0 aliphatic rings. The quantitative estimate of drug-likeness (QED) is 0.155. The van der Waals surface area contributed by atoms with Gasteiger partial charge in [0, 0.05) is 46.3 Å². The number of benzene rings is 2. The van der Waals surface area contributed by atoms with Crippen LogP contribution in [-0.4, -0.2) is 53.5 Å². The maximum Gasteiger partial charge on any atom is 3.00 e. The molecule has 0 unspecified atom stereocenters. The summed E-state index contributed by atoms with van der Waals surface area (Å²) in [5.74, 6) is 0. The fraction of sp³-hybridized carbons (Fsp3) is 0. The van der Waals surface area contributed by atoms with E-state index in [1.165, 1.54) is 0 Å². The average Bonchev–Trinajstić information content (AvgIpc) is 2.84. The van der Waals surface area contributed by atoms with Crippen LogP contribution in [0.4, 0.5) is 4.79 Å². The second kappa shape index (κ2) is 20.0. The number of carboxylic acid groups (broad SMARTS) is 2. The maximum absolute atomic E-state index is 8.33. The summed E-state index contributed by atoms with van der Waals surface area (Å²) in [5.41, 5.74) is 3.91. The third-order valence-corrected chi connectivity index (χ3v) is 4.69. The summed E-state index contributed by atoms with van der Waals surface area (Å²) in [5, 5.41) is 21.2. The van der Waals surface area contributed by atoms with Gasteiger partial charge in [0.05, 0.1) is 22.1 Å². The van der Waals surface area contributed by atoms with Crippen LogP contribution in [0.1, 0.15) is 0 Å². The number of aromatic nitrogens is 4. The van der Waals surface area contributed by atoms with Gasteiger partial charge in [0.1, 0.15) is 0 Å². The zero-order valence-corrected chi connectivity index (χ0v) is 21.8. The number of hydrogen-bond donors (Lipinski definition) is 0. The standard InChI is InChI=1S/2C12H8N2.CH2O3.ClH.Co.5H2O/c2*1-3-9-5-6-10-4-2-8-14-12(10)11(9)13-7-1;2-1(3)4;;;;;;;/h2*1-8H;(H2,2,3,4);1H;;5*1H2/q;;;;+3;;;;;/p-3. The molecule has 39 heavy (non-hydrogen) atoms. The van der Waals surface area contributed by atoms with Crippen LogP contribution in [0.15, 0.2) is 97.6 Å². The molecule has 4 heterocycles. The van der Waals surface area contributed by atoms with Crippen LogP contribution in [0.3, 0.4) is 0 Å². The summed E-state index contributed by atoms with van der Waals surface area (Å²) >= 11 is 0. The summed E-state index contributed by atoms with van der Waals surface area (Å²) in [4.78, 5) is 25.7. The Morgan fingerprint density at radius 2 is 0.641 bits per heavy atom. The van der Waals surface area contributed by atoms with Gasteiger partial charge in [0.2, 0.25) is 0 Å². The molecule has 0 bridgehead atoms. The zero-order valence-electron chi connectivity index (χ0n) is 20.0. The van der Waals surface area contributed by atoms with Gasteiger partial charge in [-0.2, -0.15) is 0 Å². The smallest absolute Gasteiger partial charge is 1.00 e. The second-order valence-corrected chi connectivity index (χ2v) is 6.68. The number of carbonyl (C=O) groups is 1. The molecule has 210 valence electrons. The van der Waals surface area contributed by atoms with Crippen LogP contribution in [0, 0.1) is 0 Å². The first-order valence-electron chi connectivity index (χ1n) is 9.68. The molecule has 0 atom stereocenters. The predicted molar refractivity (Wildman–Crippen MR) is 138 cm³/mol. The van der Waals surface area contributed by atoms with E-state index in [-0.39, 0.29) is 56.6 Å². The Bertz CT molecular complexity index is 1340. The predicted octanol–water partition coefficient (Wildman–Crippen LogP) is -4.00. The summed E-state index contributed by atoms with van der Waals surface area (Å²) in [7, 11) is 0. The third kappa shape index (κ3) is 10.3. The van der Waals surface area contributed by atoms with Gasteiger partial charge in [0.15, 0.2) is 0 Å². The van der Waals surface area contributed by atoms with Crippen LogP contribution < -0.4 is 22.6 Å². The van der Waals surface area contributed by atoms with E-state index in [0.29, 0.717) is 0 Å². The third-order valence-electron chi connectivity index (χ3n) is 4.69. The van der Waals surface area contributed by atoms with E-state index < -0.39 is 6.16 Å². The molecule has 0 aliphatic heterocycles. The molecule has 4 aromatic heterocycles. The fourth-order valence-electron chi connectivity index (χ4n) is 3.36. The van der Waals surface area contributed by atoms with Gasteiger partial charge >= 0.3 is 16.8 Å². The SMILES string of the molecule is O.O.O.O.O.O=C([O-])[O-].[Cl-].[Co+3].c1cnc2c(c1)ccc1cccnc12.c1cnc2c(c1)ccc1cccnc12. The molecular formula is C25H26ClCoN4O8. The van der Waals surface area contributed by atoms with E-state index in [0.717, 1.165) is 43.6 Å². The molecule has 0 aliphatic carbocycles. The van der Waals surface area contributed by atoms with Crippen molar-refractivity contribution in [3.63, 3.8) is 0 Å². The molecule has 0 fully saturated rings. The monoisotopic (exact) mass is 604 g/mol. The van der Waals surface area contributed by atoms with Crippen molar-refractivity contribution in [2.24, 2.45) is 0 Å². The Morgan fingerprint density at radius 1 is 0.462 bits per heavy atom. The molecule has 6 rings (SSSR count). The Hall–Kier alpha value is -4.05. The molecule has 10 N–H and O–H groups in total. The first-order chi connectivity index (χ1) is 15.6. The van der Waals surface area contributed by atoms with Crippen molar-refractivity contribution in [2.75, 3.05) is 0 Å². The molecule has 0 radical (unpaired) electrons. The normalized spacial score (nSPS) is 8.41. The number of fused-ring (bicyclic) bond motifs is 6. The van der Waals surface area contributed by atoms with Gasteiger partial charge in [-0.15, -0.1) is 0 Å². The van der Waals surface area contributed by atoms with Crippen LogP contribution in [0.2, 0.25) is 0 Å². The number of rotatable bonds is 0. The molecule has 0 amide bonds. The van der Waals surface area contributed by atoms with Gasteiger partial charge in [-0.1, -0.05) is 48.5 Å². The Morgan fingerprint density at radius 3 is 0.821 bits per heavy atom. The van der Waals surface area contributed by atoms with E-state index in [2.05, 4.69) is 68.5 Å². The van der Waals surface area contributed by atoms with Crippen molar-refractivity contribution in [3.05, 3.63) is 97.6 Å². The Balaban J connectivity index is -0.000000239. The van der Waals surface area contributed by atoms with E-state index in [1.54, 1.807) is 24.8 Å². The summed E-state index contributed by atoms with van der Waals surface area (Å²) in [6.07, 6.45) is 4.87. The van der Waals surface area contributed by atoms with Crippen LogP contribution in [0.25, 0.3) is 43.6 Å². The van der Waals surface area contributed by atoms with Crippen LogP contribution >= 0.6 is 0 Å². The van der Waals surface area contributed by atoms with E-state index in [1.807, 2.05) is 24.3 Å². The van der Waals surface area contributed by atoms with Crippen LogP contribution in [0.5, 0.6) is 0 Å². The molecule has 0 saturated carbocycles. The Kier molecular flexibility index (Phi) is 21.5. The number of carbonyl (C=O) groups excluding carboxylic acids is 1. The van der Waals surface area contributed by atoms with E-state index in [4.69, 9.17) is 15.0 Å². The van der Waals surface area contributed by atoms with Crippen molar-refractivity contribution in [2.45, 2.75) is 0 Å². The van der Waals surface area contributed by atoms with Gasteiger partial charge in [-0.3, -0.25) is 19.9 Å². The fourth-order valence-corrected chi connectivity index (χ4v) is 3.36. The minimum absolute atomic E-state index is 0. The molecule has 2 aromatic carbocycles. The molecular weight excluding hydrogens is 579 g/mol. The Labute approximate surface area is 238 Å². The number of hydrogen-bond acceptors (Lipinski definition) is 7. The van der Waals surface area contributed by atoms with Crippen molar-refractivity contribution in [3.8, 4) is 0 Å². The second-order valence-electron chi connectivity index (χ2n) is 6.68. The molecule has 0 spiro atoms. The molecule has 14 heteroatoms. The van der Waals surface area contributed by atoms with Gasteiger partial charge in [0.25, 0.3) is 0 Å². The number of halogens is 1. The minimum atomic E-state index is -2.33. The van der Waals surface area contributed by atoms with Crippen molar-refractivity contribution in [1.82, 2.24) is 19.9 Å². The molecule has 12 nitrogen and oxygen atoms in total. The molecule has 6 aromatic rings. The van der Waals surface area contributed by atoms with Crippen molar-refractivity contribution < 1.29 is 71.6 Å². The minimum Gasteiger partial charge on any atom is -1.00 e. The van der Waals surface area contributed by atoms with Gasteiger partial charge in [-0.05, 0) is 30.4 Å². The van der Waals surface area contributed by atoms with E-state index >= 15 is 0 Å². The van der Waals surface area contributed by atoms with Crippen molar-refractivity contribution >= 4 is 49.8 Å². The summed E-state index contributed by atoms with van der Waals surface area (Å²) < 4.78 is 0. The maximum atomic E-state index is 8.33. The van der Waals surface area contributed by atoms with E-state index in [9.17, 15) is 0 Å². The number of pyridine rings is 4. The zero-order chi connectivity index (χ0) is 22.3. The largest absolute Gasteiger partial charge is 3.00 e. The van der Waals surface area contributed by atoms with Gasteiger partial charge in [-0.25, -0.2) is 0 Å². The summed E-state index contributed by atoms with van der Waals surface area (Å²) in [6.45, 7) is 0. The number of nitrogens with zero attached hydrogens (tertiary/aromatic N) is 4. The van der Waals surface area contributed by atoms with Crippen molar-refractivity contribution in [1.29, 1.82) is 0 Å². The molecule has 0 saturated heterocycles. The first kappa shape index (κ1) is 42.1. The van der Waals surface area contributed by atoms with Crippen LogP contribution in [-0.2, 0) is 16.8 Å². The topological polar surface area (TPSA) is 272 Å².